The smallest absolute Gasteiger partial charge is 0.341 e. The lowest BCUT2D eigenvalue weighted by Crippen LogP contribution is -2.25. The zero-order valence-electron chi connectivity index (χ0n) is 15.0. The lowest BCUT2D eigenvalue weighted by Gasteiger charge is -2.19. The summed E-state index contributed by atoms with van der Waals surface area (Å²) in [6.45, 7) is 5.72. The molecule has 0 amide bonds. The zero-order chi connectivity index (χ0) is 18.2. The first-order valence-electron chi connectivity index (χ1n) is 8.56. The van der Waals surface area contributed by atoms with Crippen molar-refractivity contribution >= 4 is 11.9 Å². The van der Waals surface area contributed by atoms with Crippen molar-refractivity contribution in [2.75, 3.05) is 0 Å². The highest BCUT2D eigenvalue weighted by Crippen LogP contribution is 2.16. The Balaban J connectivity index is 2.11. The number of carbonyl (C=O) groups is 2. The van der Waals surface area contributed by atoms with Crippen LogP contribution >= 0.6 is 0 Å². The summed E-state index contributed by atoms with van der Waals surface area (Å²) in [7, 11) is 0. The van der Waals surface area contributed by atoms with Crippen LogP contribution in [-0.4, -0.2) is 18.2 Å². The second-order valence-electron chi connectivity index (χ2n) is 6.01. The average molecular weight is 340 g/mol. The standard InChI is InChI=1S/C21H24O4/c1-4-5-14-19(24-20(22)17-12-8-6-10-15(17)2)25-21(23)18-13-9-7-11-16(18)3/h6-13,19H,4-5,14H2,1-3H3. The summed E-state index contributed by atoms with van der Waals surface area (Å²) >= 11 is 0. The number of esters is 2. The molecule has 25 heavy (non-hydrogen) atoms. The van der Waals surface area contributed by atoms with Gasteiger partial charge in [-0.15, -0.1) is 0 Å². The molecule has 0 heterocycles. The van der Waals surface area contributed by atoms with Crippen molar-refractivity contribution in [2.24, 2.45) is 0 Å². The van der Waals surface area contributed by atoms with Crippen molar-refractivity contribution in [3.05, 3.63) is 70.8 Å². The Morgan fingerprint density at radius 1 is 0.840 bits per heavy atom. The van der Waals surface area contributed by atoms with E-state index in [0.29, 0.717) is 17.5 Å². The molecule has 2 rings (SSSR count). The Morgan fingerprint density at radius 3 is 1.68 bits per heavy atom. The highest BCUT2D eigenvalue weighted by Gasteiger charge is 2.22. The number of hydrogen-bond acceptors (Lipinski definition) is 4. The summed E-state index contributed by atoms with van der Waals surface area (Å²) in [5, 5.41) is 0. The van der Waals surface area contributed by atoms with Crippen molar-refractivity contribution in [3.8, 4) is 0 Å². The van der Waals surface area contributed by atoms with Crippen LogP contribution in [-0.2, 0) is 9.47 Å². The van der Waals surface area contributed by atoms with E-state index in [2.05, 4.69) is 0 Å². The van der Waals surface area contributed by atoms with Crippen molar-refractivity contribution in [2.45, 2.75) is 46.3 Å². The Bertz CT molecular complexity index is 677. The van der Waals surface area contributed by atoms with Gasteiger partial charge in [0, 0.05) is 6.42 Å². The lowest BCUT2D eigenvalue weighted by molar-refractivity contribution is -0.0837. The van der Waals surface area contributed by atoms with E-state index in [1.807, 2.05) is 45.0 Å². The molecule has 4 heteroatoms. The molecule has 0 N–H and O–H groups in total. The summed E-state index contributed by atoms with van der Waals surface area (Å²) < 4.78 is 10.9. The fraction of sp³-hybridized carbons (Fsp3) is 0.333. The van der Waals surface area contributed by atoms with Gasteiger partial charge in [0.05, 0.1) is 11.1 Å². The largest absolute Gasteiger partial charge is 0.422 e. The Morgan fingerprint density at radius 2 is 1.28 bits per heavy atom. The summed E-state index contributed by atoms with van der Waals surface area (Å²) in [4.78, 5) is 24.8. The SMILES string of the molecule is CCCCC(OC(=O)c1ccccc1C)OC(=O)c1ccccc1C. The molecule has 4 nitrogen and oxygen atoms in total. The molecular weight excluding hydrogens is 316 g/mol. The molecular formula is C21H24O4. The normalized spacial score (nSPS) is 10.6. The maximum absolute atomic E-state index is 12.4. The Kier molecular flexibility index (Phi) is 6.75. The molecule has 132 valence electrons. The summed E-state index contributed by atoms with van der Waals surface area (Å²) in [6.07, 6.45) is 1.30. The molecule has 0 aromatic heterocycles. The number of unbranched alkanes of at least 4 members (excludes halogenated alkanes) is 1. The molecule has 0 radical (unpaired) electrons. The number of hydrogen-bond donors (Lipinski definition) is 0. The van der Waals surface area contributed by atoms with Crippen molar-refractivity contribution in [3.63, 3.8) is 0 Å². The van der Waals surface area contributed by atoms with Crippen LogP contribution in [0.2, 0.25) is 0 Å². The molecule has 0 fully saturated rings. The van der Waals surface area contributed by atoms with Gasteiger partial charge in [0.2, 0.25) is 6.29 Å². The number of rotatable bonds is 7. The second kappa shape index (κ2) is 9.02. The quantitative estimate of drug-likeness (QED) is 0.535. The first-order valence-corrected chi connectivity index (χ1v) is 8.56. The van der Waals surface area contributed by atoms with Crippen LogP contribution in [0.1, 0.15) is 58.0 Å². The van der Waals surface area contributed by atoms with Crippen LogP contribution < -0.4 is 0 Å². The minimum Gasteiger partial charge on any atom is -0.422 e. The monoisotopic (exact) mass is 340 g/mol. The van der Waals surface area contributed by atoms with Gasteiger partial charge in [-0.2, -0.15) is 0 Å². The summed E-state index contributed by atoms with van der Waals surface area (Å²) in [5.41, 5.74) is 2.62. The molecule has 0 unspecified atom stereocenters. The van der Waals surface area contributed by atoms with Crippen molar-refractivity contribution in [1.29, 1.82) is 0 Å². The van der Waals surface area contributed by atoms with Gasteiger partial charge < -0.3 is 9.47 Å². The van der Waals surface area contributed by atoms with Gasteiger partial charge >= 0.3 is 11.9 Å². The molecule has 0 atom stereocenters. The first-order chi connectivity index (χ1) is 12.0. The van der Waals surface area contributed by atoms with E-state index < -0.39 is 18.2 Å². The molecule has 0 aliphatic rings. The lowest BCUT2D eigenvalue weighted by atomic mass is 10.1. The Hall–Kier alpha value is -2.62. The van der Waals surface area contributed by atoms with Gasteiger partial charge in [-0.25, -0.2) is 9.59 Å². The number of aryl methyl sites for hydroxylation is 2. The molecule has 0 aliphatic carbocycles. The van der Waals surface area contributed by atoms with E-state index in [0.717, 1.165) is 24.0 Å². The predicted octanol–water partition coefficient (Wildman–Crippen LogP) is 4.83. The van der Waals surface area contributed by atoms with Crippen LogP contribution in [0.25, 0.3) is 0 Å². The Labute approximate surface area is 148 Å². The molecule has 0 bridgehead atoms. The van der Waals surface area contributed by atoms with Crippen LogP contribution in [0.3, 0.4) is 0 Å². The highest BCUT2D eigenvalue weighted by molar-refractivity contribution is 5.92. The summed E-state index contributed by atoms with van der Waals surface area (Å²) in [6, 6.07) is 14.4. The van der Waals surface area contributed by atoms with E-state index in [-0.39, 0.29) is 0 Å². The fourth-order valence-electron chi connectivity index (χ4n) is 2.48. The maximum atomic E-state index is 12.4. The predicted molar refractivity (Wildman–Crippen MR) is 96.5 cm³/mol. The minimum atomic E-state index is -0.890. The van der Waals surface area contributed by atoms with E-state index in [1.54, 1.807) is 24.3 Å². The van der Waals surface area contributed by atoms with E-state index >= 15 is 0 Å². The van der Waals surface area contributed by atoms with Crippen molar-refractivity contribution in [1.82, 2.24) is 0 Å². The average Bonchev–Trinajstić information content (AvgIpc) is 2.60. The summed E-state index contributed by atoms with van der Waals surface area (Å²) in [5.74, 6) is -0.950. The third-order valence-electron chi connectivity index (χ3n) is 4.00. The third kappa shape index (κ3) is 5.18. The van der Waals surface area contributed by atoms with Gasteiger partial charge in [0.25, 0.3) is 0 Å². The zero-order valence-corrected chi connectivity index (χ0v) is 15.0. The maximum Gasteiger partial charge on any atom is 0.341 e. The molecule has 0 saturated heterocycles. The van der Waals surface area contributed by atoms with Crippen LogP contribution in [0, 0.1) is 13.8 Å². The van der Waals surface area contributed by atoms with E-state index in [9.17, 15) is 9.59 Å². The topological polar surface area (TPSA) is 52.6 Å². The van der Waals surface area contributed by atoms with Crippen LogP contribution in [0.4, 0.5) is 0 Å². The van der Waals surface area contributed by atoms with Gasteiger partial charge in [0.1, 0.15) is 0 Å². The second-order valence-corrected chi connectivity index (χ2v) is 6.01. The first kappa shape index (κ1) is 18.7. The van der Waals surface area contributed by atoms with E-state index in [1.165, 1.54) is 0 Å². The van der Waals surface area contributed by atoms with Crippen molar-refractivity contribution < 1.29 is 19.1 Å². The fourth-order valence-corrected chi connectivity index (χ4v) is 2.48. The molecule has 0 saturated carbocycles. The minimum absolute atomic E-state index is 0.475. The van der Waals surface area contributed by atoms with Gasteiger partial charge in [-0.05, 0) is 43.5 Å². The molecule has 2 aromatic carbocycles. The van der Waals surface area contributed by atoms with E-state index in [4.69, 9.17) is 9.47 Å². The van der Waals surface area contributed by atoms with Crippen LogP contribution in [0.5, 0.6) is 0 Å². The third-order valence-corrected chi connectivity index (χ3v) is 4.00. The molecule has 0 spiro atoms. The van der Waals surface area contributed by atoms with Crippen LogP contribution in [0.15, 0.2) is 48.5 Å². The van der Waals surface area contributed by atoms with Gasteiger partial charge in [-0.3, -0.25) is 0 Å². The van der Waals surface area contributed by atoms with Gasteiger partial charge in [-0.1, -0.05) is 49.7 Å². The number of ether oxygens (including phenoxy) is 2. The highest BCUT2D eigenvalue weighted by atomic mass is 16.7. The molecule has 2 aromatic rings. The number of carbonyl (C=O) groups excluding carboxylic acids is 2. The molecule has 0 aliphatic heterocycles. The van der Waals surface area contributed by atoms with Gasteiger partial charge in [0.15, 0.2) is 0 Å². The number of benzene rings is 2.